The molecule has 5 nitrogen and oxygen atoms in total. The van der Waals surface area contributed by atoms with Crippen molar-refractivity contribution in [3.63, 3.8) is 0 Å². The summed E-state index contributed by atoms with van der Waals surface area (Å²) in [7, 11) is -2.48. The third-order valence-electron chi connectivity index (χ3n) is 2.16. The largest absolute Gasteiger partial charge is 0.358 e. The van der Waals surface area contributed by atoms with Crippen LogP contribution >= 0.6 is 15.9 Å². The molecule has 0 fully saturated rings. The highest BCUT2D eigenvalue weighted by molar-refractivity contribution is 9.10. The molecule has 8 heteroatoms. The summed E-state index contributed by atoms with van der Waals surface area (Å²) in [6.07, 6.45) is 0. The molecule has 0 aliphatic carbocycles. The Bertz CT molecular complexity index is 562. The summed E-state index contributed by atoms with van der Waals surface area (Å²) in [4.78, 5) is 11.1. The van der Waals surface area contributed by atoms with E-state index in [4.69, 9.17) is 0 Å². The zero-order valence-electron chi connectivity index (χ0n) is 9.70. The molecule has 1 atom stereocenters. The second-order valence-corrected chi connectivity index (χ2v) is 6.07. The summed E-state index contributed by atoms with van der Waals surface area (Å²) in [6.45, 7) is 1.41. The minimum atomic E-state index is -3.89. The van der Waals surface area contributed by atoms with Crippen LogP contribution in [0, 0.1) is 5.82 Å². The zero-order chi connectivity index (χ0) is 13.9. The van der Waals surface area contributed by atoms with Crippen molar-refractivity contribution in [3.8, 4) is 0 Å². The molecule has 1 aromatic carbocycles. The van der Waals surface area contributed by atoms with Gasteiger partial charge in [-0.1, -0.05) is 0 Å². The highest BCUT2D eigenvalue weighted by atomic mass is 79.9. The molecule has 0 radical (unpaired) electrons. The number of amides is 1. The number of nitrogens with one attached hydrogen (secondary N) is 2. The first-order chi connectivity index (χ1) is 8.27. The van der Waals surface area contributed by atoms with Gasteiger partial charge in [-0.25, -0.2) is 12.8 Å². The van der Waals surface area contributed by atoms with Crippen LogP contribution in [-0.4, -0.2) is 27.4 Å². The van der Waals surface area contributed by atoms with Crippen LogP contribution in [0.3, 0.4) is 0 Å². The molecule has 0 aliphatic rings. The van der Waals surface area contributed by atoms with E-state index in [9.17, 15) is 17.6 Å². The highest BCUT2D eigenvalue weighted by Crippen LogP contribution is 2.22. The molecule has 100 valence electrons. The van der Waals surface area contributed by atoms with Crippen LogP contribution in [0.4, 0.5) is 4.39 Å². The minimum Gasteiger partial charge on any atom is -0.358 e. The average Bonchev–Trinajstić information content (AvgIpc) is 2.26. The molecular weight excluding hydrogens is 327 g/mol. The Hall–Kier alpha value is -0.990. The van der Waals surface area contributed by atoms with E-state index in [0.29, 0.717) is 0 Å². The lowest BCUT2D eigenvalue weighted by molar-refractivity contribution is -0.121. The van der Waals surface area contributed by atoms with Crippen LogP contribution in [0.15, 0.2) is 27.6 Å². The van der Waals surface area contributed by atoms with Gasteiger partial charge in [-0.2, -0.15) is 4.72 Å². The van der Waals surface area contributed by atoms with Crippen LogP contribution in [0.25, 0.3) is 0 Å². The van der Waals surface area contributed by atoms with Gasteiger partial charge in [0.2, 0.25) is 15.9 Å². The molecule has 18 heavy (non-hydrogen) atoms. The molecule has 0 spiro atoms. The lowest BCUT2D eigenvalue weighted by Crippen LogP contribution is -2.43. The average molecular weight is 339 g/mol. The van der Waals surface area contributed by atoms with Crippen molar-refractivity contribution in [1.29, 1.82) is 0 Å². The predicted octanol–water partition coefficient (Wildman–Crippen LogP) is 1.00. The molecule has 0 aromatic heterocycles. The minimum absolute atomic E-state index is 0.0964. The van der Waals surface area contributed by atoms with E-state index in [1.807, 2.05) is 0 Å². The summed E-state index contributed by atoms with van der Waals surface area (Å²) in [5.41, 5.74) is 0. The van der Waals surface area contributed by atoms with E-state index in [0.717, 1.165) is 18.2 Å². The number of sulfonamides is 1. The number of carbonyl (C=O) groups excluding carboxylic acids is 1. The van der Waals surface area contributed by atoms with Crippen LogP contribution in [0.2, 0.25) is 0 Å². The fourth-order valence-corrected chi connectivity index (χ4v) is 3.51. The van der Waals surface area contributed by atoms with Crippen LogP contribution in [0.5, 0.6) is 0 Å². The monoisotopic (exact) mass is 338 g/mol. The molecule has 2 N–H and O–H groups in total. The first-order valence-corrected chi connectivity index (χ1v) is 7.24. The SMILES string of the molecule is CNC(=O)C(C)NS(=O)(=O)c1ccc(F)cc1Br. The Kier molecular flexibility index (Phi) is 4.83. The van der Waals surface area contributed by atoms with Gasteiger partial charge in [-0.3, -0.25) is 4.79 Å². The fourth-order valence-electron chi connectivity index (χ4n) is 1.26. The van der Waals surface area contributed by atoms with E-state index in [2.05, 4.69) is 26.0 Å². The number of likely N-dealkylation sites (N-methyl/N-ethyl adjacent to an activating group) is 1. The van der Waals surface area contributed by atoms with Gasteiger partial charge >= 0.3 is 0 Å². The van der Waals surface area contributed by atoms with Gasteiger partial charge in [0.15, 0.2) is 0 Å². The standard InChI is InChI=1S/C10H12BrFN2O3S/c1-6(10(15)13-2)14-18(16,17)9-4-3-7(12)5-8(9)11/h3-6,14H,1-2H3,(H,13,15). The molecule has 1 aromatic rings. The van der Waals surface area contributed by atoms with Crippen LogP contribution < -0.4 is 10.0 Å². The molecule has 1 unspecified atom stereocenters. The van der Waals surface area contributed by atoms with Gasteiger partial charge in [0.1, 0.15) is 5.82 Å². The summed E-state index contributed by atoms with van der Waals surface area (Å²) < 4.78 is 39.1. The van der Waals surface area contributed by atoms with Gasteiger partial charge in [0.25, 0.3) is 0 Å². The van der Waals surface area contributed by atoms with E-state index < -0.39 is 27.8 Å². The Morgan fingerprint density at radius 1 is 1.44 bits per heavy atom. The van der Waals surface area contributed by atoms with Crippen molar-refractivity contribution >= 4 is 31.9 Å². The number of rotatable bonds is 4. The smallest absolute Gasteiger partial charge is 0.242 e. The molecular formula is C10H12BrFN2O3S. The lowest BCUT2D eigenvalue weighted by Gasteiger charge is -2.13. The molecule has 1 rings (SSSR count). The predicted molar refractivity (Wildman–Crippen MR) is 68.0 cm³/mol. The normalized spacial score (nSPS) is 13.1. The molecule has 0 saturated heterocycles. The number of carbonyl (C=O) groups is 1. The van der Waals surface area contributed by atoms with Gasteiger partial charge in [-0.15, -0.1) is 0 Å². The topological polar surface area (TPSA) is 75.3 Å². The Labute approximate surface area is 113 Å². The third kappa shape index (κ3) is 3.50. The van der Waals surface area contributed by atoms with Crippen LogP contribution in [0.1, 0.15) is 6.92 Å². The first-order valence-electron chi connectivity index (χ1n) is 4.97. The zero-order valence-corrected chi connectivity index (χ0v) is 12.1. The second-order valence-electron chi connectivity index (χ2n) is 3.53. The molecule has 0 heterocycles. The van der Waals surface area contributed by atoms with Gasteiger partial charge in [-0.05, 0) is 41.1 Å². The number of hydrogen-bond acceptors (Lipinski definition) is 3. The molecule has 1 amide bonds. The first kappa shape index (κ1) is 15.1. The van der Waals surface area contributed by atoms with Crippen molar-refractivity contribution in [2.24, 2.45) is 0 Å². The Morgan fingerprint density at radius 2 is 2.06 bits per heavy atom. The molecule has 0 aliphatic heterocycles. The number of hydrogen-bond donors (Lipinski definition) is 2. The van der Waals surface area contributed by atoms with Crippen LogP contribution in [-0.2, 0) is 14.8 Å². The maximum absolute atomic E-state index is 12.9. The van der Waals surface area contributed by atoms with Gasteiger partial charge < -0.3 is 5.32 Å². The molecule has 0 saturated carbocycles. The quantitative estimate of drug-likeness (QED) is 0.859. The second kappa shape index (κ2) is 5.77. The summed E-state index contributed by atoms with van der Waals surface area (Å²) in [6, 6.07) is 2.28. The van der Waals surface area contributed by atoms with Gasteiger partial charge in [0.05, 0.1) is 10.9 Å². The maximum atomic E-state index is 12.9. The molecule has 0 bridgehead atoms. The van der Waals surface area contributed by atoms with Crippen molar-refractivity contribution in [1.82, 2.24) is 10.0 Å². The fraction of sp³-hybridized carbons (Fsp3) is 0.300. The van der Waals surface area contributed by atoms with Crippen molar-refractivity contribution in [2.75, 3.05) is 7.05 Å². The number of benzene rings is 1. The maximum Gasteiger partial charge on any atom is 0.242 e. The van der Waals surface area contributed by atoms with E-state index in [-0.39, 0.29) is 9.37 Å². The Balaban J connectivity index is 3.04. The summed E-state index contributed by atoms with van der Waals surface area (Å²) in [5.74, 6) is -1.02. The van der Waals surface area contributed by atoms with Crippen molar-refractivity contribution < 1.29 is 17.6 Å². The number of halogens is 2. The van der Waals surface area contributed by atoms with E-state index in [1.165, 1.54) is 14.0 Å². The van der Waals surface area contributed by atoms with Gasteiger partial charge in [0, 0.05) is 11.5 Å². The Morgan fingerprint density at radius 3 is 2.56 bits per heavy atom. The van der Waals surface area contributed by atoms with E-state index in [1.54, 1.807) is 0 Å². The third-order valence-corrected chi connectivity index (χ3v) is 4.67. The summed E-state index contributed by atoms with van der Waals surface area (Å²) >= 11 is 2.97. The van der Waals surface area contributed by atoms with E-state index >= 15 is 0 Å². The highest BCUT2D eigenvalue weighted by Gasteiger charge is 2.23. The van der Waals surface area contributed by atoms with Crippen molar-refractivity contribution in [3.05, 3.63) is 28.5 Å². The summed E-state index contributed by atoms with van der Waals surface area (Å²) in [5, 5.41) is 2.32. The lowest BCUT2D eigenvalue weighted by atomic mass is 10.3. The van der Waals surface area contributed by atoms with Crippen molar-refractivity contribution in [2.45, 2.75) is 17.9 Å².